The number of hydrogen-bond donors (Lipinski definition) is 0. The number of rotatable bonds is 3. The van der Waals surface area contributed by atoms with E-state index in [1.807, 2.05) is 29.9 Å². The van der Waals surface area contributed by atoms with Crippen LogP contribution < -0.4 is 0 Å². The summed E-state index contributed by atoms with van der Waals surface area (Å²) in [7, 11) is 1.87. The van der Waals surface area contributed by atoms with Crippen molar-refractivity contribution in [3.63, 3.8) is 0 Å². The van der Waals surface area contributed by atoms with Gasteiger partial charge in [-0.05, 0) is 23.8 Å². The number of nitro benzene ring substituents is 1. The molecule has 0 unspecified atom stereocenters. The van der Waals surface area contributed by atoms with Gasteiger partial charge in [0.15, 0.2) is 0 Å². The second-order valence-corrected chi connectivity index (χ2v) is 4.02. The monoisotopic (exact) mass is 253 g/mol. The van der Waals surface area contributed by atoms with Crippen LogP contribution in [-0.2, 0) is 7.05 Å². The van der Waals surface area contributed by atoms with Crippen molar-refractivity contribution in [3.8, 4) is 6.07 Å². The number of nitriles is 1. The van der Waals surface area contributed by atoms with Gasteiger partial charge < -0.3 is 4.57 Å². The lowest BCUT2D eigenvalue weighted by atomic mass is 10.1. The minimum Gasteiger partial charge on any atom is -0.351 e. The van der Waals surface area contributed by atoms with Gasteiger partial charge in [0.2, 0.25) is 0 Å². The molecule has 5 heteroatoms. The Labute approximate surface area is 110 Å². The third kappa shape index (κ3) is 2.69. The van der Waals surface area contributed by atoms with Gasteiger partial charge in [-0.25, -0.2) is 0 Å². The first-order chi connectivity index (χ1) is 9.11. The van der Waals surface area contributed by atoms with Crippen molar-refractivity contribution in [1.82, 2.24) is 4.57 Å². The van der Waals surface area contributed by atoms with Crippen LogP contribution in [0.25, 0.3) is 11.6 Å². The van der Waals surface area contributed by atoms with Gasteiger partial charge in [0.05, 0.1) is 16.6 Å². The Morgan fingerprint density at radius 2 is 2.21 bits per heavy atom. The summed E-state index contributed by atoms with van der Waals surface area (Å²) in [5, 5.41) is 19.9. The van der Waals surface area contributed by atoms with E-state index in [1.165, 1.54) is 12.1 Å². The molecule has 0 bridgehead atoms. The molecule has 0 aliphatic heterocycles. The van der Waals surface area contributed by atoms with Gasteiger partial charge in [-0.3, -0.25) is 10.1 Å². The Kier molecular flexibility index (Phi) is 3.44. The fourth-order valence-corrected chi connectivity index (χ4v) is 1.74. The number of non-ortho nitro benzene ring substituents is 1. The average molecular weight is 253 g/mol. The zero-order valence-electron chi connectivity index (χ0n) is 10.3. The van der Waals surface area contributed by atoms with Crippen molar-refractivity contribution in [2.24, 2.45) is 7.05 Å². The molecule has 0 N–H and O–H groups in total. The second-order valence-electron chi connectivity index (χ2n) is 4.02. The fraction of sp³-hybridized carbons (Fsp3) is 0.0714. The number of aromatic nitrogens is 1. The van der Waals surface area contributed by atoms with E-state index in [-0.39, 0.29) is 5.69 Å². The van der Waals surface area contributed by atoms with E-state index < -0.39 is 4.92 Å². The first-order valence-electron chi connectivity index (χ1n) is 5.60. The Morgan fingerprint density at radius 1 is 1.42 bits per heavy atom. The van der Waals surface area contributed by atoms with Crippen molar-refractivity contribution in [3.05, 3.63) is 64.0 Å². The van der Waals surface area contributed by atoms with E-state index in [4.69, 9.17) is 0 Å². The molecule has 0 aliphatic carbocycles. The van der Waals surface area contributed by atoms with E-state index in [0.29, 0.717) is 11.1 Å². The maximum atomic E-state index is 10.7. The Morgan fingerprint density at radius 3 is 2.79 bits per heavy atom. The molecule has 0 aliphatic rings. The summed E-state index contributed by atoms with van der Waals surface area (Å²) in [5.74, 6) is 0. The highest BCUT2D eigenvalue weighted by molar-refractivity contribution is 5.89. The van der Waals surface area contributed by atoms with Crippen LogP contribution in [0.2, 0.25) is 0 Å². The normalized spacial score (nSPS) is 11.1. The number of nitrogens with zero attached hydrogens (tertiary/aromatic N) is 3. The molecular formula is C14H11N3O2. The van der Waals surface area contributed by atoms with Gasteiger partial charge in [-0.15, -0.1) is 0 Å². The molecule has 0 saturated carbocycles. The predicted molar refractivity (Wildman–Crippen MR) is 72.0 cm³/mol. The molecule has 19 heavy (non-hydrogen) atoms. The summed E-state index contributed by atoms with van der Waals surface area (Å²) in [4.78, 5) is 10.3. The molecular weight excluding hydrogens is 242 g/mol. The number of nitro groups is 1. The highest BCUT2D eigenvalue weighted by Crippen LogP contribution is 2.21. The van der Waals surface area contributed by atoms with E-state index in [2.05, 4.69) is 6.07 Å². The molecule has 0 radical (unpaired) electrons. The van der Waals surface area contributed by atoms with Gasteiger partial charge in [-0.1, -0.05) is 12.1 Å². The third-order valence-electron chi connectivity index (χ3n) is 2.76. The predicted octanol–water partition coefficient (Wildman–Crippen LogP) is 3.00. The Hall–Kier alpha value is -2.87. The average Bonchev–Trinajstić information content (AvgIpc) is 2.81. The van der Waals surface area contributed by atoms with Crippen LogP contribution in [0.15, 0.2) is 42.6 Å². The van der Waals surface area contributed by atoms with E-state index >= 15 is 0 Å². The van der Waals surface area contributed by atoms with Crippen LogP contribution in [0.4, 0.5) is 5.69 Å². The standard InChI is InChI=1S/C14H11N3O2/c1-16-7-3-6-13(16)9-12(10-15)11-4-2-5-14(8-11)17(18)19/h2-9H,1H3/b12-9+. The van der Waals surface area contributed by atoms with Crippen molar-refractivity contribution in [1.29, 1.82) is 5.26 Å². The molecule has 1 aromatic heterocycles. The molecule has 0 spiro atoms. The number of aryl methyl sites for hydroxylation is 1. The topological polar surface area (TPSA) is 71.9 Å². The molecule has 2 aromatic rings. The molecule has 0 atom stereocenters. The summed E-state index contributed by atoms with van der Waals surface area (Å²) in [6.45, 7) is 0. The molecule has 5 nitrogen and oxygen atoms in total. The Balaban J connectivity index is 2.46. The minimum atomic E-state index is -0.471. The summed E-state index contributed by atoms with van der Waals surface area (Å²) in [6, 6.07) is 11.9. The van der Waals surface area contributed by atoms with Gasteiger partial charge in [0, 0.05) is 31.1 Å². The second kappa shape index (κ2) is 5.19. The molecule has 0 fully saturated rings. The molecule has 2 rings (SSSR count). The zero-order chi connectivity index (χ0) is 13.8. The van der Waals surface area contributed by atoms with Crippen LogP contribution >= 0.6 is 0 Å². The van der Waals surface area contributed by atoms with Crippen LogP contribution in [0.3, 0.4) is 0 Å². The molecule has 1 heterocycles. The zero-order valence-corrected chi connectivity index (χ0v) is 10.3. The number of allylic oxidation sites excluding steroid dienone is 1. The van der Waals surface area contributed by atoms with Crippen LogP contribution in [0.1, 0.15) is 11.3 Å². The lowest BCUT2D eigenvalue weighted by molar-refractivity contribution is -0.384. The Bertz CT molecular complexity index is 693. The van der Waals surface area contributed by atoms with Crippen LogP contribution in [0.5, 0.6) is 0 Å². The van der Waals surface area contributed by atoms with Gasteiger partial charge >= 0.3 is 0 Å². The van der Waals surface area contributed by atoms with Gasteiger partial charge in [0.25, 0.3) is 5.69 Å². The molecule has 1 aromatic carbocycles. The first kappa shape index (κ1) is 12.6. The quantitative estimate of drug-likeness (QED) is 0.479. The van der Waals surface area contributed by atoms with Crippen molar-refractivity contribution in [2.75, 3.05) is 0 Å². The van der Waals surface area contributed by atoms with Crippen LogP contribution in [0, 0.1) is 21.4 Å². The number of benzene rings is 1. The fourth-order valence-electron chi connectivity index (χ4n) is 1.74. The maximum Gasteiger partial charge on any atom is 0.270 e. The summed E-state index contributed by atoms with van der Waals surface area (Å²) in [6.07, 6.45) is 3.58. The smallest absolute Gasteiger partial charge is 0.270 e. The van der Waals surface area contributed by atoms with Crippen molar-refractivity contribution < 1.29 is 4.92 Å². The van der Waals surface area contributed by atoms with E-state index in [1.54, 1.807) is 18.2 Å². The largest absolute Gasteiger partial charge is 0.351 e. The van der Waals surface area contributed by atoms with Crippen molar-refractivity contribution >= 4 is 17.3 Å². The molecule has 94 valence electrons. The SMILES string of the molecule is Cn1cccc1/C=C(\C#N)c1cccc([N+](=O)[O-])c1. The maximum absolute atomic E-state index is 10.7. The summed E-state index contributed by atoms with van der Waals surface area (Å²) < 4.78 is 1.87. The van der Waals surface area contributed by atoms with Crippen LogP contribution in [-0.4, -0.2) is 9.49 Å². The highest BCUT2D eigenvalue weighted by Gasteiger charge is 2.09. The lowest BCUT2D eigenvalue weighted by Crippen LogP contribution is -1.91. The summed E-state index contributed by atoms with van der Waals surface area (Å²) in [5.41, 5.74) is 1.77. The van der Waals surface area contributed by atoms with Crippen molar-refractivity contribution in [2.45, 2.75) is 0 Å². The highest BCUT2D eigenvalue weighted by atomic mass is 16.6. The third-order valence-corrected chi connectivity index (χ3v) is 2.76. The van der Waals surface area contributed by atoms with E-state index in [9.17, 15) is 15.4 Å². The molecule has 0 saturated heterocycles. The van der Waals surface area contributed by atoms with Gasteiger partial charge in [0.1, 0.15) is 0 Å². The molecule has 0 amide bonds. The first-order valence-corrected chi connectivity index (χ1v) is 5.60. The number of hydrogen-bond acceptors (Lipinski definition) is 3. The van der Waals surface area contributed by atoms with E-state index in [0.717, 1.165) is 5.69 Å². The lowest BCUT2D eigenvalue weighted by Gasteiger charge is -2.01. The van der Waals surface area contributed by atoms with Gasteiger partial charge in [-0.2, -0.15) is 5.26 Å². The minimum absolute atomic E-state index is 0.0227. The summed E-state index contributed by atoms with van der Waals surface area (Å²) >= 11 is 0.